The molecule has 0 aliphatic heterocycles. The Morgan fingerprint density at radius 3 is 2.41 bits per heavy atom. The predicted molar refractivity (Wildman–Crippen MR) is 104 cm³/mol. The van der Waals surface area contributed by atoms with E-state index < -0.39 is 11.8 Å². The molecule has 0 atom stereocenters. The maximum Gasteiger partial charge on any atom is 0.268 e. The number of amides is 2. The maximum absolute atomic E-state index is 12.6. The van der Waals surface area contributed by atoms with E-state index in [9.17, 15) is 9.59 Å². The second-order valence-electron chi connectivity index (χ2n) is 5.68. The van der Waals surface area contributed by atoms with E-state index in [1.54, 1.807) is 36.4 Å². The van der Waals surface area contributed by atoms with Crippen LogP contribution in [0.4, 0.5) is 0 Å². The minimum absolute atomic E-state index is 0.0609. The summed E-state index contributed by atoms with van der Waals surface area (Å²) in [4.78, 5) is 25.2. The first-order valence-electron chi connectivity index (χ1n) is 8.26. The summed E-state index contributed by atoms with van der Waals surface area (Å²) in [6.07, 6.45) is 2.95. The number of rotatable bonds is 6. The van der Waals surface area contributed by atoms with E-state index in [0.29, 0.717) is 17.3 Å². The number of nitrogens with one attached hydrogen (secondary N) is 2. The van der Waals surface area contributed by atoms with Crippen LogP contribution < -0.4 is 10.6 Å². The summed E-state index contributed by atoms with van der Waals surface area (Å²) >= 11 is 6.07. The first-order chi connectivity index (χ1) is 13.1. The summed E-state index contributed by atoms with van der Waals surface area (Å²) in [5.74, 6) is -0.469. The molecule has 0 saturated heterocycles. The minimum atomic E-state index is -0.478. The number of carbonyl (C=O) groups is 2. The van der Waals surface area contributed by atoms with Gasteiger partial charge in [-0.3, -0.25) is 9.59 Å². The Hall–Kier alpha value is -3.31. The highest BCUT2D eigenvalue weighted by atomic mass is 35.5. The molecule has 27 heavy (non-hydrogen) atoms. The number of hydrogen-bond donors (Lipinski definition) is 2. The van der Waals surface area contributed by atoms with Crippen LogP contribution in [0.25, 0.3) is 6.08 Å². The highest BCUT2D eigenvalue weighted by Crippen LogP contribution is 2.15. The van der Waals surface area contributed by atoms with E-state index in [1.807, 2.05) is 30.3 Å². The third kappa shape index (κ3) is 5.09. The molecular weight excluding hydrogens is 364 g/mol. The van der Waals surface area contributed by atoms with Gasteiger partial charge in [0, 0.05) is 12.6 Å². The normalized spacial score (nSPS) is 11.1. The van der Waals surface area contributed by atoms with Gasteiger partial charge in [0.15, 0.2) is 0 Å². The van der Waals surface area contributed by atoms with Gasteiger partial charge in [-0.05, 0) is 29.8 Å². The zero-order valence-corrected chi connectivity index (χ0v) is 15.1. The zero-order chi connectivity index (χ0) is 19.1. The number of benzene rings is 2. The topological polar surface area (TPSA) is 71.3 Å². The van der Waals surface area contributed by atoms with E-state index in [1.165, 1.54) is 12.3 Å². The summed E-state index contributed by atoms with van der Waals surface area (Å²) in [6.45, 7) is 0.330. The molecule has 2 amide bonds. The van der Waals surface area contributed by atoms with Gasteiger partial charge in [0.2, 0.25) is 0 Å². The van der Waals surface area contributed by atoms with Crippen LogP contribution in [-0.4, -0.2) is 11.8 Å². The molecule has 0 aliphatic rings. The Morgan fingerprint density at radius 2 is 1.70 bits per heavy atom. The van der Waals surface area contributed by atoms with Gasteiger partial charge < -0.3 is 15.1 Å². The molecular formula is C21H17ClN2O3. The molecule has 0 spiro atoms. The third-order valence-electron chi connectivity index (χ3n) is 3.74. The van der Waals surface area contributed by atoms with Crippen molar-refractivity contribution in [1.29, 1.82) is 0 Å². The van der Waals surface area contributed by atoms with Crippen LogP contribution in [0.2, 0.25) is 5.02 Å². The Balaban J connectivity index is 1.78. The zero-order valence-electron chi connectivity index (χ0n) is 14.3. The summed E-state index contributed by atoms with van der Waals surface area (Å²) in [6, 6.07) is 19.5. The lowest BCUT2D eigenvalue weighted by Crippen LogP contribution is -2.34. The molecule has 0 saturated carbocycles. The Bertz CT molecular complexity index is 951. The fourth-order valence-electron chi connectivity index (χ4n) is 2.38. The lowest BCUT2D eigenvalue weighted by Gasteiger charge is -2.11. The van der Waals surface area contributed by atoms with Crippen LogP contribution in [0.1, 0.15) is 21.7 Å². The van der Waals surface area contributed by atoms with Gasteiger partial charge in [-0.1, -0.05) is 54.1 Å². The van der Waals surface area contributed by atoms with Gasteiger partial charge >= 0.3 is 0 Å². The number of halogens is 1. The lowest BCUT2D eigenvalue weighted by molar-refractivity contribution is -0.117. The number of hydrogen-bond acceptors (Lipinski definition) is 3. The standard InChI is InChI=1S/C21H17ClN2O3/c22-18-11-5-4-10-17(18)20(25)24-19(13-16-9-6-12-27-16)21(26)23-14-15-7-2-1-3-8-15/h1-13H,14H2,(H,23,26)(H,24,25). The summed E-state index contributed by atoms with van der Waals surface area (Å²) in [7, 11) is 0. The van der Waals surface area contributed by atoms with Crippen LogP contribution in [0.15, 0.2) is 83.1 Å². The van der Waals surface area contributed by atoms with Crippen LogP contribution in [-0.2, 0) is 11.3 Å². The second kappa shape index (κ2) is 8.87. The van der Waals surface area contributed by atoms with Crippen molar-refractivity contribution in [2.24, 2.45) is 0 Å². The van der Waals surface area contributed by atoms with Crippen molar-refractivity contribution in [3.05, 3.63) is 101 Å². The highest BCUT2D eigenvalue weighted by molar-refractivity contribution is 6.34. The Morgan fingerprint density at radius 1 is 0.963 bits per heavy atom. The smallest absolute Gasteiger partial charge is 0.268 e. The first kappa shape index (κ1) is 18.5. The quantitative estimate of drug-likeness (QED) is 0.634. The lowest BCUT2D eigenvalue weighted by atomic mass is 10.2. The van der Waals surface area contributed by atoms with E-state index >= 15 is 0 Å². The van der Waals surface area contributed by atoms with Crippen LogP contribution in [0.3, 0.4) is 0 Å². The van der Waals surface area contributed by atoms with Gasteiger partial charge in [-0.2, -0.15) is 0 Å². The van der Waals surface area contributed by atoms with Crippen molar-refractivity contribution in [2.45, 2.75) is 6.54 Å². The fourth-order valence-corrected chi connectivity index (χ4v) is 2.60. The predicted octanol–water partition coefficient (Wildman–Crippen LogP) is 4.02. The molecule has 1 heterocycles. The van der Waals surface area contributed by atoms with Crippen molar-refractivity contribution in [2.75, 3.05) is 0 Å². The van der Waals surface area contributed by atoms with Crippen LogP contribution in [0.5, 0.6) is 0 Å². The van der Waals surface area contributed by atoms with Crippen LogP contribution >= 0.6 is 11.6 Å². The highest BCUT2D eigenvalue weighted by Gasteiger charge is 2.16. The average Bonchev–Trinajstić information content (AvgIpc) is 3.20. The molecule has 3 aromatic rings. The van der Waals surface area contributed by atoms with Crippen molar-refractivity contribution in [1.82, 2.24) is 10.6 Å². The largest absolute Gasteiger partial charge is 0.465 e. The molecule has 136 valence electrons. The molecule has 0 fully saturated rings. The monoisotopic (exact) mass is 380 g/mol. The fraction of sp³-hybridized carbons (Fsp3) is 0.0476. The SMILES string of the molecule is O=C(NCc1ccccc1)C(=Cc1ccco1)NC(=O)c1ccccc1Cl. The second-order valence-corrected chi connectivity index (χ2v) is 6.08. The minimum Gasteiger partial charge on any atom is -0.465 e. The molecule has 1 aromatic heterocycles. The molecule has 2 aromatic carbocycles. The van der Waals surface area contributed by atoms with Gasteiger partial charge in [0.05, 0.1) is 16.8 Å². The van der Waals surface area contributed by atoms with Gasteiger partial charge in [0.1, 0.15) is 11.5 Å². The number of carbonyl (C=O) groups excluding carboxylic acids is 2. The molecule has 0 aliphatic carbocycles. The van der Waals surface area contributed by atoms with Crippen molar-refractivity contribution in [3.8, 4) is 0 Å². The van der Waals surface area contributed by atoms with Crippen LogP contribution in [0, 0.1) is 0 Å². The third-order valence-corrected chi connectivity index (χ3v) is 4.07. The van der Waals surface area contributed by atoms with E-state index in [-0.39, 0.29) is 11.3 Å². The molecule has 0 bridgehead atoms. The summed E-state index contributed by atoms with van der Waals surface area (Å²) in [5, 5.41) is 5.70. The summed E-state index contributed by atoms with van der Waals surface area (Å²) < 4.78 is 5.25. The Labute approximate surface area is 161 Å². The van der Waals surface area contributed by atoms with E-state index in [2.05, 4.69) is 10.6 Å². The summed E-state index contributed by atoms with van der Waals surface area (Å²) in [5.41, 5.74) is 1.28. The molecule has 5 nitrogen and oxygen atoms in total. The maximum atomic E-state index is 12.6. The van der Waals surface area contributed by atoms with Crippen molar-refractivity contribution < 1.29 is 14.0 Å². The molecule has 3 rings (SSSR count). The number of furan rings is 1. The molecule has 6 heteroatoms. The van der Waals surface area contributed by atoms with Crippen molar-refractivity contribution in [3.63, 3.8) is 0 Å². The average molecular weight is 381 g/mol. The van der Waals surface area contributed by atoms with E-state index in [0.717, 1.165) is 5.56 Å². The molecule has 2 N–H and O–H groups in total. The van der Waals surface area contributed by atoms with E-state index in [4.69, 9.17) is 16.0 Å². The molecule has 0 radical (unpaired) electrons. The van der Waals surface area contributed by atoms with Crippen molar-refractivity contribution >= 4 is 29.5 Å². The molecule has 0 unspecified atom stereocenters. The van der Waals surface area contributed by atoms with Gasteiger partial charge in [-0.25, -0.2) is 0 Å². The first-order valence-corrected chi connectivity index (χ1v) is 8.64. The van der Waals surface area contributed by atoms with Gasteiger partial charge in [0.25, 0.3) is 11.8 Å². The van der Waals surface area contributed by atoms with Gasteiger partial charge in [-0.15, -0.1) is 0 Å². The Kier molecular flexibility index (Phi) is 6.07.